The summed E-state index contributed by atoms with van der Waals surface area (Å²) >= 11 is 1.61. The van der Waals surface area contributed by atoms with Crippen molar-refractivity contribution in [2.45, 2.75) is 12.5 Å². The molecular formula is C9H10N4S. The lowest BCUT2D eigenvalue weighted by Gasteiger charge is -2.07. The van der Waals surface area contributed by atoms with Crippen LogP contribution in [-0.2, 0) is 6.42 Å². The predicted molar refractivity (Wildman–Crippen MR) is 54.8 cm³/mol. The zero-order valence-corrected chi connectivity index (χ0v) is 8.31. The summed E-state index contributed by atoms with van der Waals surface area (Å²) in [6.45, 7) is 0. The molecule has 5 heteroatoms. The van der Waals surface area contributed by atoms with Crippen LogP contribution >= 0.6 is 11.3 Å². The van der Waals surface area contributed by atoms with Gasteiger partial charge in [0, 0.05) is 36.1 Å². The van der Waals surface area contributed by atoms with Crippen LogP contribution < -0.4 is 5.73 Å². The Balaban J connectivity index is 2.07. The lowest BCUT2D eigenvalue weighted by atomic mass is 10.1. The van der Waals surface area contributed by atoms with Gasteiger partial charge < -0.3 is 5.73 Å². The first kappa shape index (κ1) is 9.23. The molecule has 72 valence electrons. The van der Waals surface area contributed by atoms with Crippen molar-refractivity contribution in [2.75, 3.05) is 0 Å². The predicted octanol–water partition coefficient (Wildman–Crippen LogP) is 1.18. The second-order valence-electron chi connectivity index (χ2n) is 2.91. The molecule has 1 atom stereocenters. The summed E-state index contributed by atoms with van der Waals surface area (Å²) in [5, 5.41) is 0. The topological polar surface area (TPSA) is 64.7 Å². The molecule has 2 aromatic heterocycles. The van der Waals surface area contributed by atoms with E-state index < -0.39 is 0 Å². The molecule has 0 aliphatic heterocycles. The summed E-state index contributed by atoms with van der Waals surface area (Å²) in [5.74, 6) is 0. The third kappa shape index (κ3) is 2.12. The molecule has 2 aromatic rings. The molecule has 0 saturated carbocycles. The van der Waals surface area contributed by atoms with E-state index in [4.69, 9.17) is 5.73 Å². The first-order chi connectivity index (χ1) is 6.86. The largest absolute Gasteiger partial charge is 0.322 e. The third-order valence-corrected chi connectivity index (χ3v) is 2.67. The minimum absolute atomic E-state index is 0.0934. The lowest BCUT2D eigenvalue weighted by molar-refractivity contribution is 0.697. The molecule has 0 spiro atoms. The summed E-state index contributed by atoms with van der Waals surface area (Å²) in [6.07, 6.45) is 7.60. The lowest BCUT2D eigenvalue weighted by Crippen LogP contribution is -2.14. The van der Waals surface area contributed by atoms with Gasteiger partial charge in [-0.15, -0.1) is 11.3 Å². The highest BCUT2D eigenvalue weighted by Gasteiger charge is 2.08. The summed E-state index contributed by atoms with van der Waals surface area (Å²) in [4.78, 5) is 13.3. The molecule has 2 rings (SSSR count). The van der Waals surface area contributed by atoms with E-state index in [1.54, 1.807) is 35.4 Å². The standard InChI is InChI=1S/C9H10N4S/c10-8(3-7-4-12-6-14-7)9-5-11-1-2-13-9/h1-2,4-6,8H,3,10H2. The Hall–Kier alpha value is -1.33. The minimum atomic E-state index is -0.0934. The van der Waals surface area contributed by atoms with Gasteiger partial charge in [0.15, 0.2) is 0 Å². The number of rotatable bonds is 3. The number of nitrogens with zero attached hydrogens (tertiary/aromatic N) is 3. The third-order valence-electron chi connectivity index (χ3n) is 1.87. The van der Waals surface area contributed by atoms with Gasteiger partial charge in [0.25, 0.3) is 0 Å². The van der Waals surface area contributed by atoms with Crippen molar-refractivity contribution in [3.8, 4) is 0 Å². The van der Waals surface area contributed by atoms with Crippen molar-refractivity contribution in [3.63, 3.8) is 0 Å². The molecule has 2 N–H and O–H groups in total. The fourth-order valence-corrected chi connectivity index (χ4v) is 1.82. The van der Waals surface area contributed by atoms with Crippen LogP contribution in [0.1, 0.15) is 16.6 Å². The Labute approximate surface area is 85.9 Å². The molecule has 0 aliphatic rings. The van der Waals surface area contributed by atoms with Crippen molar-refractivity contribution in [2.24, 2.45) is 5.73 Å². The van der Waals surface area contributed by atoms with Crippen molar-refractivity contribution in [3.05, 3.63) is 40.9 Å². The SMILES string of the molecule is NC(Cc1cncs1)c1cnccn1. The number of aromatic nitrogens is 3. The maximum absolute atomic E-state index is 5.96. The highest BCUT2D eigenvalue weighted by Crippen LogP contribution is 2.15. The van der Waals surface area contributed by atoms with Crippen LogP contribution in [0.15, 0.2) is 30.3 Å². The first-order valence-corrected chi connectivity index (χ1v) is 5.13. The highest BCUT2D eigenvalue weighted by molar-refractivity contribution is 7.09. The second kappa shape index (κ2) is 4.26. The van der Waals surface area contributed by atoms with E-state index in [0.29, 0.717) is 0 Å². The molecule has 0 aromatic carbocycles. The van der Waals surface area contributed by atoms with Gasteiger partial charge in [0.1, 0.15) is 0 Å². The maximum Gasteiger partial charge on any atom is 0.0794 e. The van der Waals surface area contributed by atoms with E-state index in [0.717, 1.165) is 12.1 Å². The highest BCUT2D eigenvalue weighted by atomic mass is 32.1. The average molecular weight is 206 g/mol. The smallest absolute Gasteiger partial charge is 0.0794 e. The van der Waals surface area contributed by atoms with Crippen LogP contribution in [0.25, 0.3) is 0 Å². The zero-order valence-electron chi connectivity index (χ0n) is 7.50. The summed E-state index contributed by atoms with van der Waals surface area (Å²) in [6, 6.07) is -0.0934. The summed E-state index contributed by atoms with van der Waals surface area (Å²) in [7, 11) is 0. The second-order valence-corrected chi connectivity index (χ2v) is 3.88. The molecule has 2 heterocycles. The van der Waals surface area contributed by atoms with Gasteiger partial charge in [0.2, 0.25) is 0 Å². The number of hydrogen-bond donors (Lipinski definition) is 1. The molecule has 4 nitrogen and oxygen atoms in total. The number of nitrogens with two attached hydrogens (primary N) is 1. The van der Waals surface area contributed by atoms with E-state index in [2.05, 4.69) is 15.0 Å². The van der Waals surface area contributed by atoms with E-state index in [9.17, 15) is 0 Å². The summed E-state index contributed by atoms with van der Waals surface area (Å²) < 4.78 is 0. The monoisotopic (exact) mass is 206 g/mol. The van der Waals surface area contributed by atoms with Crippen LogP contribution in [0, 0.1) is 0 Å². The molecular weight excluding hydrogens is 196 g/mol. The molecule has 14 heavy (non-hydrogen) atoms. The van der Waals surface area contributed by atoms with Crippen LogP contribution in [0.3, 0.4) is 0 Å². The van der Waals surface area contributed by atoms with E-state index in [1.807, 2.05) is 6.20 Å². The van der Waals surface area contributed by atoms with Gasteiger partial charge in [-0.2, -0.15) is 0 Å². The quantitative estimate of drug-likeness (QED) is 0.818. The van der Waals surface area contributed by atoms with Crippen LogP contribution in [-0.4, -0.2) is 15.0 Å². The van der Waals surface area contributed by atoms with Gasteiger partial charge in [-0.25, -0.2) is 0 Å². The van der Waals surface area contributed by atoms with Crippen molar-refractivity contribution < 1.29 is 0 Å². The Morgan fingerprint density at radius 1 is 1.29 bits per heavy atom. The number of thiazole rings is 1. The molecule has 0 saturated heterocycles. The van der Waals surface area contributed by atoms with E-state index in [1.165, 1.54) is 4.88 Å². The molecule has 0 amide bonds. The van der Waals surface area contributed by atoms with Gasteiger partial charge >= 0.3 is 0 Å². The van der Waals surface area contributed by atoms with Crippen LogP contribution in [0.2, 0.25) is 0 Å². The maximum atomic E-state index is 5.96. The van der Waals surface area contributed by atoms with E-state index >= 15 is 0 Å². The molecule has 0 fully saturated rings. The molecule has 0 radical (unpaired) electrons. The fraction of sp³-hybridized carbons (Fsp3) is 0.222. The first-order valence-electron chi connectivity index (χ1n) is 4.25. The molecule has 0 aliphatic carbocycles. The Kier molecular flexibility index (Phi) is 2.81. The van der Waals surface area contributed by atoms with Gasteiger partial charge in [0.05, 0.1) is 17.2 Å². The Morgan fingerprint density at radius 2 is 2.21 bits per heavy atom. The average Bonchev–Trinajstić information content (AvgIpc) is 2.72. The van der Waals surface area contributed by atoms with Crippen molar-refractivity contribution >= 4 is 11.3 Å². The van der Waals surface area contributed by atoms with Gasteiger partial charge in [-0.1, -0.05) is 0 Å². The molecule has 0 bridgehead atoms. The van der Waals surface area contributed by atoms with Crippen molar-refractivity contribution in [1.29, 1.82) is 0 Å². The van der Waals surface area contributed by atoms with Gasteiger partial charge in [-0.05, 0) is 0 Å². The zero-order chi connectivity index (χ0) is 9.80. The van der Waals surface area contributed by atoms with Crippen LogP contribution in [0.4, 0.5) is 0 Å². The number of hydrogen-bond acceptors (Lipinski definition) is 5. The fourth-order valence-electron chi connectivity index (χ4n) is 1.17. The minimum Gasteiger partial charge on any atom is -0.322 e. The molecule has 1 unspecified atom stereocenters. The Morgan fingerprint density at radius 3 is 2.86 bits per heavy atom. The van der Waals surface area contributed by atoms with E-state index in [-0.39, 0.29) is 6.04 Å². The Bertz CT molecular complexity index is 373. The normalized spacial score (nSPS) is 12.6. The van der Waals surface area contributed by atoms with Gasteiger partial charge in [-0.3, -0.25) is 15.0 Å². The summed E-state index contributed by atoms with van der Waals surface area (Å²) in [5.41, 5.74) is 8.59. The van der Waals surface area contributed by atoms with Crippen molar-refractivity contribution in [1.82, 2.24) is 15.0 Å². The van der Waals surface area contributed by atoms with Crippen LogP contribution in [0.5, 0.6) is 0 Å².